The zero-order valence-corrected chi connectivity index (χ0v) is 13.7. The fraction of sp³-hybridized carbons (Fsp3) is 0.278. The van der Waals surface area contributed by atoms with Crippen molar-refractivity contribution in [1.29, 1.82) is 0 Å². The summed E-state index contributed by atoms with van der Waals surface area (Å²) < 4.78 is 10.4. The summed E-state index contributed by atoms with van der Waals surface area (Å²) in [6, 6.07) is 15.2. The van der Waals surface area contributed by atoms with Crippen molar-refractivity contribution in [2.24, 2.45) is 0 Å². The summed E-state index contributed by atoms with van der Waals surface area (Å²) in [4.78, 5) is 14.3. The molecule has 0 spiro atoms. The van der Waals surface area contributed by atoms with Crippen molar-refractivity contribution in [3.63, 3.8) is 0 Å². The van der Waals surface area contributed by atoms with Crippen LogP contribution in [0.25, 0.3) is 0 Å². The van der Waals surface area contributed by atoms with Gasteiger partial charge in [-0.2, -0.15) is 0 Å². The highest BCUT2D eigenvalue weighted by molar-refractivity contribution is 5.94. The van der Waals surface area contributed by atoms with Crippen LogP contribution < -0.4 is 19.7 Å². The molecule has 0 bridgehead atoms. The lowest BCUT2D eigenvalue weighted by Crippen LogP contribution is -2.33. The summed E-state index contributed by atoms with van der Waals surface area (Å²) >= 11 is 0. The van der Waals surface area contributed by atoms with Crippen LogP contribution in [0.3, 0.4) is 0 Å². The molecule has 0 saturated heterocycles. The molecule has 23 heavy (non-hydrogen) atoms. The summed E-state index contributed by atoms with van der Waals surface area (Å²) in [5.74, 6) is 1.13. The van der Waals surface area contributed by atoms with Crippen LogP contribution in [0.1, 0.15) is 6.92 Å². The van der Waals surface area contributed by atoms with E-state index < -0.39 is 0 Å². The largest absolute Gasteiger partial charge is 0.493 e. The van der Waals surface area contributed by atoms with Gasteiger partial charge in [0.1, 0.15) is 0 Å². The predicted octanol–water partition coefficient (Wildman–Crippen LogP) is 3.17. The highest BCUT2D eigenvalue weighted by atomic mass is 16.5. The molecule has 2 rings (SSSR count). The number of carbonyl (C=O) groups excluding carboxylic acids is 1. The van der Waals surface area contributed by atoms with Crippen LogP contribution in [-0.2, 0) is 4.79 Å². The van der Waals surface area contributed by atoms with E-state index in [1.807, 2.05) is 42.2 Å². The second-order valence-electron chi connectivity index (χ2n) is 4.97. The number of anilines is 2. The Labute approximate surface area is 136 Å². The minimum absolute atomic E-state index is 0.0806. The van der Waals surface area contributed by atoms with Gasteiger partial charge in [0.2, 0.25) is 5.91 Å². The molecule has 0 heterocycles. The lowest BCUT2D eigenvalue weighted by molar-refractivity contribution is -0.115. The van der Waals surface area contributed by atoms with Crippen molar-refractivity contribution >= 4 is 17.3 Å². The lowest BCUT2D eigenvalue weighted by Gasteiger charge is -2.22. The van der Waals surface area contributed by atoms with Crippen LogP contribution in [0.4, 0.5) is 11.4 Å². The van der Waals surface area contributed by atoms with Gasteiger partial charge in [0.15, 0.2) is 11.5 Å². The molecular weight excluding hydrogens is 292 g/mol. The first-order valence-corrected chi connectivity index (χ1v) is 7.49. The van der Waals surface area contributed by atoms with E-state index in [1.165, 1.54) is 0 Å². The van der Waals surface area contributed by atoms with E-state index in [1.54, 1.807) is 32.4 Å². The molecule has 1 amide bonds. The smallest absolute Gasteiger partial charge is 0.243 e. The topological polar surface area (TPSA) is 50.8 Å². The molecule has 2 aromatic rings. The summed E-state index contributed by atoms with van der Waals surface area (Å²) in [5.41, 5.74) is 1.70. The van der Waals surface area contributed by atoms with Gasteiger partial charge in [0, 0.05) is 24.0 Å². The fourth-order valence-corrected chi connectivity index (χ4v) is 2.31. The molecule has 0 radical (unpaired) electrons. The summed E-state index contributed by atoms with van der Waals surface area (Å²) in [6.45, 7) is 3.06. The Kier molecular flexibility index (Phi) is 5.86. The van der Waals surface area contributed by atoms with Crippen molar-refractivity contribution < 1.29 is 14.3 Å². The minimum Gasteiger partial charge on any atom is -0.493 e. The summed E-state index contributed by atoms with van der Waals surface area (Å²) in [5, 5.41) is 2.89. The lowest BCUT2D eigenvalue weighted by atomic mass is 10.2. The molecule has 122 valence electrons. The van der Waals surface area contributed by atoms with E-state index in [4.69, 9.17) is 9.47 Å². The number of methoxy groups -OCH3 is 2. The van der Waals surface area contributed by atoms with E-state index in [2.05, 4.69) is 5.32 Å². The van der Waals surface area contributed by atoms with Crippen LogP contribution in [0.15, 0.2) is 48.5 Å². The minimum atomic E-state index is -0.0806. The molecule has 0 aliphatic rings. The number of nitrogens with zero attached hydrogens (tertiary/aromatic N) is 1. The number of rotatable bonds is 7. The standard InChI is InChI=1S/C18H22N2O3/c1-4-20(15-8-6-5-7-9-15)13-18(21)19-14-10-11-16(22-2)17(12-14)23-3/h5-12H,4,13H2,1-3H3,(H,19,21). The van der Waals surface area contributed by atoms with Crippen LogP contribution in [-0.4, -0.2) is 33.2 Å². The maximum Gasteiger partial charge on any atom is 0.243 e. The Balaban J connectivity index is 2.04. The van der Waals surface area contributed by atoms with E-state index in [9.17, 15) is 4.79 Å². The van der Waals surface area contributed by atoms with Gasteiger partial charge in [-0.3, -0.25) is 4.79 Å². The van der Waals surface area contributed by atoms with Crippen molar-refractivity contribution in [1.82, 2.24) is 0 Å². The SMILES string of the molecule is CCN(CC(=O)Nc1ccc(OC)c(OC)c1)c1ccccc1. The molecule has 5 nitrogen and oxygen atoms in total. The molecule has 0 fully saturated rings. The highest BCUT2D eigenvalue weighted by Crippen LogP contribution is 2.29. The third-order valence-corrected chi connectivity index (χ3v) is 3.50. The first-order valence-electron chi connectivity index (χ1n) is 7.49. The van der Waals surface area contributed by atoms with Gasteiger partial charge in [-0.25, -0.2) is 0 Å². The van der Waals surface area contributed by atoms with Gasteiger partial charge in [-0.1, -0.05) is 18.2 Å². The number of likely N-dealkylation sites (N-methyl/N-ethyl adjacent to an activating group) is 1. The molecule has 0 aliphatic carbocycles. The number of nitrogens with one attached hydrogen (secondary N) is 1. The average molecular weight is 314 g/mol. The zero-order chi connectivity index (χ0) is 16.7. The molecule has 2 aromatic carbocycles. The predicted molar refractivity (Wildman–Crippen MR) is 92.5 cm³/mol. The Morgan fingerprint density at radius 2 is 1.74 bits per heavy atom. The molecule has 5 heteroatoms. The van der Waals surface area contributed by atoms with Crippen molar-refractivity contribution in [3.8, 4) is 11.5 Å². The van der Waals surface area contributed by atoms with Gasteiger partial charge in [0.25, 0.3) is 0 Å². The molecule has 0 aromatic heterocycles. The highest BCUT2D eigenvalue weighted by Gasteiger charge is 2.11. The molecule has 0 unspecified atom stereocenters. The number of ether oxygens (including phenoxy) is 2. The fourth-order valence-electron chi connectivity index (χ4n) is 2.31. The van der Waals surface area contributed by atoms with Crippen LogP contribution in [0, 0.1) is 0 Å². The van der Waals surface area contributed by atoms with E-state index in [0.29, 0.717) is 17.2 Å². The monoisotopic (exact) mass is 314 g/mol. The summed E-state index contributed by atoms with van der Waals surface area (Å²) in [7, 11) is 3.15. The summed E-state index contributed by atoms with van der Waals surface area (Å²) in [6.07, 6.45) is 0. The molecule has 0 atom stereocenters. The van der Waals surface area contributed by atoms with Gasteiger partial charge in [-0.15, -0.1) is 0 Å². The Hall–Kier alpha value is -2.69. The van der Waals surface area contributed by atoms with Gasteiger partial charge in [0.05, 0.1) is 20.8 Å². The van der Waals surface area contributed by atoms with E-state index in [0.717, 1.165) is 12.2 Å². The molecule has 1 N–H and O–H groups in total. The average Bonchev–Trinajstić information content (AvgIpc) is 2.60. The normalized spacial score (nSPS) is 10.0. The Morgan fingerprint density at radius 3 is 2.35 bits per heavy atom. The zero-order valence-electron chi connectivity index (χ0n) is 13.7. The van der Waals surface area contributed by atoms with Gasteiger partial charge >= 0.3 is 0 Å². The van der Waals surface area contributed by atoms with Crippen molar-refractivity contribution in [2.75, 3.05) is 37.5 Å². The van der Waals surface area contributed by atoms with E-state index in [-0.39, 0.29) is 12.5 Å². The first-order chi connectivity index (χ1) is 11.2. The number of hydrogen-bond acceptors (Lipinski definition) is 4. The van der Waals surface area contributed by atoms with Crippen LogP contribution >= 0.6 is 0 Å². The van der Waals surface area contributed by atoms with Gasteiger partial charge in [-0.05, 0) is 31.2 Å². The molecule has 0 saturated carbocycles. The Bertz CT molecular complexity index is 644. The molecular formula is C18H22N2O3. The first kappa shape index (κ1) is 16.7. The number of amides is 1. The quantitative estimate of drug-likeness (QED) is 0.853. The van der Waals surface area contributed by atoms with Crippen LogP contribution in [0.5, 0.6) is 11.5 Å². The van der Waals surface area contributed by atoms with Gasteiger partial charge < -0.3 is 19.7 Å². The molecule has 0 aliphatic heterocycles. The Morgan fingerprint density at radius 1 is 1.04 bits per heavy atom. The van der Waals surface area contributed by atoms with Crippen molar-refractivity contribution in [3.05, 3.63) is 48.5 Å². The second-order valence-corrected chi connectivity index (χ2v) is 4.97. The second kappa shape index (κ2) is 8.08. The maximum absolute atomic E-state index is 12.3. The third-order valence-electron chi connectivity index (χ3n) is 3.50. The maximum atomic E-state index is 12.3. The number of hydrogen-bond donors (Lipinski definition) is 1. The third kappa shape index (κ3) is 4.39. The number of carbonyl (C=O) groups is 1. The van der Waals surface area contributed by atoms with E-state index >= 15 is 0 Å². The van der Waals surface area contributed by atoms with Crippen LogP contribution in [0.2, 0.25) is 0 Å². The number of benzene rings is 2. The van der Waals surface area contributed by atoms with Crippen molar-refractivity contribution in [2.45, 2.75) is 6.92 Å². The number of para-hydroxylation sites is 1.